The first-order valence-electron chi connectivity index (χ1n) is 7.87. The number of hydrogen-bond donors (Lipinski definition) is 2. The Morgan fingerprint density at radius 3 is 2.39 bits per heavy atom. The minimum absolute atomic E-state index is 0.0560. The Balaban J connectivity index is 1.85. The second-order valence-electron chi connectivity index (χ2n) is 6.89. The number of rotatable bonds is 3. The maximum absolute atomic E-state index is 11.9. The van der Waals surface area contributed by atoms with Crippen molar-refractivity contribution >= 4 is 34.6 Å². The second kappa shape index (κ2) is 7.75. The normalized spacial score (nSPS) is 15.2. The van der Waals surface area contributed by atoms with Crippen molar-refractivity contribution in [1.29, 1.82) is 0 Å². The zero-order valence-corrected chi connectivity index (χ0v) is 14.8. The molecule has 1 aliphatic rings. The van der Waals surface area contributed by atoms with Crippen molar-refractivity contribution in [2.75, 3.05) is 36.5 Å². The highest BCUT2D eigenvalue weighted by Gasteiger charge is 2.16. The lowest BCUT2D eigenvalue weighted by atomic mass is 9.92. The smallest absolute Gasteiger partial charge is 0.226 e. The van der Waals surface area contributed by atoms with E-state index in [0.717, 1.165) is 32.0 Å². The number of hydrogen-bond acceptors (Lipinski definition) is 4. The first-order chi connectivity index (χ1) is 10.8. The summed E-state index contributed by atoms with van der Waals surface area (Å²) in [5.41, 5.74) is 1.98. The number of carbonyl (C=O) groups is 1. The van der Waals surface area contributed by atoms with Crippen molar-refractivity contribution in [1.82, 2.24) is 5.32 Å². The van der Waals surface area contributed by atoms with Gasteiger partial charge in [-0.1, -0.05) is 20.8 Å². The molecule has 2 rings (SSSR count). The number of ether oxygens (including phenoxy) is 1. The van der Waals surface area contributed by atoms with Gasteiger partial charge < -0.3 is 20.3 Å². The first kappa shape index (κ1) is 17.7. The van der Waals surface area contributed by atoms with E-state index in [-0.39, 0.29) is 11.3 Å². The van der Waals surface area contributed by atoms with Gasteiger partial charge >= 0.3 is 0 Å². The van der Waals surface area contributed by atoms with Crippen LogP contribution in [-0.2, 0) is 9.53 Å². The highest BCUT2D eigenvalue weighted by Crippen LogP contribution is 2.19. The van der Waals surface area contributed by atoms with E-state index in [9.17, 15) is 4.79 Å². The molecular weight excluding hydrogens is 310 g/mol. The summed E-state index contributed by atoms with van der Waals surface area (Å²) in [4.78, 5) is 14.2. The Morgan fingerprint density at radius 1 is 1.22 bits per heavy atom. The molecule has 0 radical (unpaired) electrons. The number of thiocarbonyl (C=S) groups is 1. The lowest BCUT2D eigenvalue weighted by molar-refractivity contribution is -0.121. The molecule has 0 aliphatic carbocycles. The fourth-order valence-electron chi connectivity index (χ4n) is 2.39. The van der Waals surface area contributed by atoms with Gasteiger partial charge in [-0.2, -0.15) is 0 Å². The zero-order chi connectivity index (χ0) is 16.9. The molecule has 0 aromatic heterocycles. The standard InChI is InChI=1S/C17H25N3O2S/c1-17(2,3)12-15(21)19-16(23)18-13-4-6-14(7-5-13)20-8-10-22-11-9-20/h4-7H,8-12H2,1-3H3,(H2,18,19,21,23). The van der Waals surface area contributed by atoms with E-state index in [4.69, 9.17) is 17.0 Å². The number of anilines is 2. The minimum atomic E-state index is -0.0695. The summed E-state index contributed by atoms with van der Waals surface area (Å²) in [6.45, 7) is 9.42. The third kappa shape index (κ3) is 6.15. The lowest BCUT2D eigenvalue weighted by Gasteiger charge is -2.29. The molecule has 2 N–H and O–H groups in total. The summed E-state index contributed by atoms with van der Waals surface area (Å²) in [6, 6.07) is 8.03. The molecule has 1 saturated heterocycles. The molecule has 6 heteroatoms. The quantitative estimate of drug-likeness (QED) is 0.832. The highest BCUT2D eigenvalue weighted by molar-refractivity contribution is 7.80. The van der Waals surface area contributed by atoms with Gasteiger partial charge in [-0.05, 0) is 41.9 Å². The van der Waals surface area contributed by atoms with Crippen molar-refractivity contribution in [3.8, 4) is 0 Å². The lowest BCUT2D eigenvalue weighted by Crippen LogP contribution is -2.36. The summed E-state index contributed by atoms with van der Waals surface area (Å²) in [7, 11) is 0. The minimum Gasteiger partial charge on any atom is -0.378 e. The van der Waals surface area contributed by atoms with Crippen LogP contribution in [0.5, 0.6) is 0 Å². The van der Waals surface area contributed by atoms with Gasteiger partial charge in [-0.3, -0.25) is 4.79 Å². The van der Waals surface area contributed by atoms with E-state index in [1.54, 1.807) is 0 Å². The average Bonchev–Trinajstić information content (AvgIpc) is 2.46. The Kier molecular flexibility index (Phi) is 5.96. The fraction of sp³-hybridized carbons (Fsp3) is 0.529. The van der Waals surface area contributed by atoms with E-state index in [1.165, 1.54) is 5.69 Å². The second-order valence-corrected chi connectivity index (χ2v) is 7.29. The maximum Gasteiger partial charge on any atom is 0.226 e. The van der Waals surface area contributed by atoms with Gasteiger partial charge in [-0.25, -0.2) is 0 Å². The molecule has 1 heterocycles. The van der Waals surface area contributed by atoms with Crippen LogP contribution >= 0.6 is 12.2 Å². The predicted octanol–water partition coefficient (Wildman–Crippen LogP) is 2.77. The number of morpholine rings is 1. The SMILES string of the molecule is CC(C)(C)CC(=O)NC(=S)Nc1ccc(N2CCOCC2)cc1. The van der Waals surface area contributed by atoms with E-state index in [1.807, 2.05) is 45.0 Å². The van der Waals surface area contributed by atoms with Crippen LogP contribution in [0.3, 0.4) is 0 Å². The summed E-state index contributed by atoms with van der Waals surface area (Å²) in [5, 5.41) is 6.09. The molecule has 1 fully saturated rings. The van der Waals surface area contributed by atoms with Crippen LogP contribution in [-0.4, -0.2) is 37.3 Å². The summed E-state index contributed by atoms with van der Waals surface area (Å²) in [6.07, 6.45) is 0.435. The third-order valence-corrected chi connectivity index (χ3v) is 3.65. The van der Waals surface area contributed by atoms with Crippen LogP contribution in [0.1, 0.15) is 27.2 Å². The van der Waals surface area contributed by atoms with Gasteiger partial charge in [0.05, 0.1) is 13.2 Å². The summed E-state index contributed by atoms with van der Waals surface area (Å²) >= 11 is 5.19. The van der Waals surface area contributed by atoms with Crippen LogP contribution in [0.2, 0.25) is 0 Å². The van der Waals surface area contributed by atoms with Crippen molar-refractivity contribution in [3.63, 3.8) is 0 Å². The molecule has 126 valence electrons. The molecule has 1 aromatic carbocycles. The molecule has 0 unspecified atom stereocenters. The van der Waals surface area contributed by atoms with Crippen molar-refractivity contribution in [2.24, 2.45) is 5.41 Å². The fourth-order valence-corrected chi connectivity index (χ4v) is 2.62. The number of nitrogens with zero attached hydrogens (tertiary/aromatic N) is 1. The van der Waals surface area contributed by atoms with Crippen LogP contribution in [0.25, 0.3) is 0 Å². The Bertz CT molecular complexity index is 546. The molecule has 5 nitrogen and oxygen atoms in total. The topological polar surface area (TPSA) is 53.6 Å². The van der Waals surface area contributed by atoms with Gasteiger partial charge in [-0.15, -0.1) is 0 Å². The van der Waals surface area contributed by atoms with Crippen LogP contribution < -0.4 is 15.5 Å². The summed E-state index contributed by atoms with van der Waals surface area (Å²) < 4.78 is 5.36. The van der Waals surface area contributed by atoms with Gasteiger partial charge in [0, 0.05) is 30.9 Å². The van der Waals surface area contributed by atoms with Crippen molar-refractivity contribution in [3.05, 3.63) is 24.3 Å². The molecule has 0 bridgehead atoms. The zero-order valence-electron chi connectivity index (χ0n) is 14.0. The van der Waals surface area contributed by atoms with E-state index < -0.39 is 0 Å². The molecule has 1 amide bonds. The van der Waals surface area contributed by atoms with E-state index in [2.05, 4.69) is 15.5 Å². The first-order valence-corrected chi connectivity index (χ1v) is 8.28. The Morgan fingerprint density at radius 2 is 1.83 bits per heavy atom. The number of nitrogens with one attached hydrogen (secondary N) is 2. The monoisotopic (exact) mass is 335 g/mol. The molecule has 0 atom stereocenters. The van der Waals surface area contributed by atoms with Crippen LogP contribution in [0.4, 0.5) is 11.4 Å². The van der Waals surface area contributed by atoms with Crippen LogP contribution in [0.15, 0.2) is 24.3 Å². The molecule has 1 aromatic rings. The average molecular weight is 335 g/mol. The van der Waals surface area contributed by atoms with Crippen molar-refractivity contribution in [2.45, 2.75) is 27.2 Å². The van der Waals surface area contributed by atoms with Gasteiger partial charge in [0.2, 0.25) is 5.91 Å². The molecule has 1 aliphatic heterocycles. The Hall–Kier alpha value is -1.66. The van der Waals surface area contributed by atoms with Gasteiger partial charge in [0.25, 0.3) is 0 Å². The van der Waals surface area contributed by atoms with Gasteiger partial charge in [0.15, 0.2) is 5.11 Å². The predicted molar refractivity (Wildman–Crippen MR) is 97.9 cm³/mol. The number of amides is 1. The highest BCUT2D eigenvalue weighted by atomic mass is 32.1. The van der Waals surface area contributed by atoms with Gasteiger partial charge in [0.1, 0.15) is 0 Å². The molecule has 23 heavy (non-hydrogen) atoms. The number of carbonyl (C=O) groups excluding carboxylic acids is 1. The number of benzene rings is 1. The van der Waals surface area contributed by atoms with E-state index in [0.29, 0.717) is 11.5 Å². The maximum atomic E-state index is 11.9. The molecular formula is C17H25N3O2S. The molecule has 0 saturated carbocycles. The van der Waals surface area contributed by atoms with E-state index >= 15 is 0 Å². The summed E-state index contributed by atoms with van der Waals surface area (Å²) in [5.74, 6) is -0.0695. The van der Waals surface area contributed by atoms with Crippen LogP contribution in [0, 0.1) is 5.41 Å². The largest absolute Gasteiger partial charge is 0.378 e. The molecule has 0 spiro atoms. The Labute approximate surface area is 143 Å². The van der Waals surface area contributed by atoms with Crippen molar-refractivity contribution < 1.29 is 9.53 Å². The third-order valence-electron chi connectivity index (χ3n) is 3.45.